The summed E-state index contributed by atoms with van der Waals surface area (Å²) in [7, 11) is 0. The third-order valence-corrected chi connectivity index (χ3v) is 3.03. The molecule has 0 unspecified atom stereocenters. The number of aliphatic carboxylic acids is 1. The quantitative estimate of drug-likeness (QED) is 0.896. The second-order valence-corrected chi connectivity index (χ2v) is 4.74. The number of carbonyl (C=O) groups is 1. The monoisotopic (exact) mass is 243 g/mol. The minimum Gasteiger partial charge on any atom is -0.481 e. The van der Waals surface area contributed by atoms with Gasteiger partial charge in [0.15, 0.2) is 0 Å². The fraction of sp³-hybridized carbons (Fsp3) is 0.333. The Balaban J connectivity index is 2.24. The summed E-state index contributed by atoms with van der Waals surface area (Å²) in [5, 5.41) is 9.76. The second kappa shape index (κ2) is 5.17. The molecule has 0 bridgehead atoms. The highest BCUT2D eigenvalue weighted by Crippen LogP contribution is 2.20. The largest absolute Gasteiger partial charge is 0.481 e. The van der Waals surface area contributed by atoms with E-state index in [-0.39, 0.29) is 6.42 Å². The summed E-state index contributed by atoms with van der Waals surface area (Å²) in [6.07, 6.45) is 3.49. The molecule has 1 aromatic heterocycles. The minimum absolute atomic E-state index is 0.213. The van der Waals surface area contributed by atoms with Crippen molar-refractivity contribution in [1.29, 1.82) is 0 Å². The first-order valence-corrected chi connectivity index (χ1v) is 6.14. The Kier molecular flexibility index (Phi) is 3.60. The molecule has 3 nitrogen and oxygen atoms in total. The van der Waals surface area contributed by atoms with Crippen LogP contribution in [0.3, 0.4) is 0 Å². The first kappa shape index (κ1) is 12.6. The van der Waals surface area contributed by atoms with Gasteiger partial charge in [0, 0.05) is 18.0 Å². The van der Waals surface area contributed by atoms with Crippen molar-refractivity contribution in [1.82, 2.24) is 4.98 Å². The lowest BCUT2D eigenvalue weighted by molar-refractivity contribution is -0.137. The first-order valence-electron chi connectivity index (χ1n) is 6.14. The summed E-state index contributed by atoms with van der Waals surface area (Å²) >= 11 is 0. The number of carboxylic acids is 1. The Hall–Kier alpha value is -1.90. The van der Waals surface area contributed by atoms with Crippen LogP contribution in [0.5, 0.6) is 0 Å². The van der Waals surface area contributed by atoms with Crippen LogP contribution < -0.4 is 0 Å². The molecule has 0 aliphatic heterocycles. The highest BCUT2D eigenvalue weighted by Gasteiger charge is 2.03. The van der Waals surface area contributed by atoms with Crippen LogP contribution in [0.1, 0.15) is 29.5 Å². The van der Waals surface area contributed by atoms with Crippen molar-refractivity contribution in [2.75, 3.05) is 0 Å². The van der Waals surface area contributed by atoms with Gasteiger partial charge in [0.05, 0.1) is 5.52 Å². The molecule has 0 atom stereocenters. The molecule has 3 heteroatoms. The van der Waals surface area contributed by atoms with Gasteiger partial charge in [0.1, 0.15) is 0 Å². The summed E-state index contributed by atoms with van der Waals surface area (Å²) in [4.78, 5) is 14.9. The van der Waals surface area contributed by atoms with Crippen molar-refractivity contribution >= 4 is 16.9 Å². The zero-order valence-electron chi connectivity index (χ0n) is 10.7. The molecule has 18 heavy (non-hydrogen) atoms. The van der Waals surface area contributed by atoms with Gasteiger partial charge in [0.25, 0.3) is 0 Å². The Morgan fingerprint density at radius 1 is 1.28 bits per heavy atom. The third-order valence-electron chi connectivity index (χ3n) is 3.03. The molecule has 0 radical (unpaired) electrons. The van der Waals surface area contributed by atoms with Crippen LogP contribution in [-0.2, 0) is 11.2 Å². The van der Waals surface area contributed by atoms with Gasteiger partial charge in [-0.3, -0.25) is 9.78 Å². The highest BCUT2D eigenvalue weighted by atomic mass is 16.4. The second-order valence-electron chi connectivity index (χ2n) is 4.74. The topological polar surface area (TPSA) is 50.2 Å². The molecule has 0 aliphatic rings. The maximum atomic E-state index is 10.5. The van der Waals surface area contributed by atoms with E-state index in [1.807, 2.05) is 6.20 Å². The van der Waals surface area contributed by atoms with Gasteiger partial charge in [-0.2, -0.15) is 0 Å². The van der Waals surface area contributed by atoms with E-state index in [0.29, 0.717) is 6.42 Å². The molecule has 2 rings (SSSR count). The molecular formula is C15H17NO2. The van der Waals surface area contributed by atoms with E-state index in [9.17, 15) is 4.79 Å². The number of aromatic nitrogens is 1. The maximum absolute atomic E-state index is 10.5. The average molecular weight is 243 g/mol. The Morgan fingerprint density at radius 3 is 2.78 bits per heavy atom. The normalized spacial score (nSPS) is 10.8. The fourth-order valence-corrected chi connectivity index (χ4v) is 2.24. The van der Waals surface area contributed by atoms with Gasteiger partial charge in [-0.25, -0.2) is 0 Å². The van der Waals surface area contributed by atoms with Gasteiger partial charge in [-0.15, -0.1) is 0 Å². The molecule has 1 heterocycles. The number of hydrogen-bond acceptors (Lipinski definition) is 2. The van der Waals surface area contributed by atoms with E-state index in [4.69, 9.17) is 5.11 Å². The van der Waals surface area contributed by atoms with Gasteiger partial charge in [-0.1, -0.05) is 11.6 Å². The summed E-state index contributed by atoms with van der Waals surface area (Å²) in [5.74, 6) is -0.740. The number of pyridine rings is 1. The van der Waals surface area contributed by atoms with Crippen LogP contribution in [0.2, 0.25) is 0 Å². The lowest BCUT2D eigenvalue weighted by Crippen LogP contribution is -1.96. The Labute approximate surface area is 106 Å². The molecule has 0 saturated heterocycles. The van der Waals surface area contributed by atoms with Crippen molar-refractivity contribution in [2.24, 2.45) is 0 Å². The van der Waals surface area contributed by atoms with Crippen LogP contribution in [-0.4, -0.2) is 16.1 Å². The van der Waals surface area contributed by atoms with Crippen molar-refractivity contribution in [2.45, 2.75) is 33.1 Å². The van der Waals surface area contributed by atoms with E-state index in [0.717, 1.165) is 22.9 Å². The fourth-order valence-electron chi connectivity index (χ4n) is 2.24. The van der Waals surface area contributed by atoms with Crippen LogP contribution in [0.25, 0.3) is 10.9 Å². The molecule has 1 N–H and O–H groups in total. The van der Waals surface area contributed by atoms with Gasteiger partial charge < -0.3 is 5.11 Å². The molecule has 0 fully saturated rings. The number of rotatable bonds is 4. The maximum Gasteiger partial charge on any atom is 0.303 e. The van der Waals surface area contributed by atoms with Gasteiger partial charge in [0.2, 0.25) is 0 Å². The lowest BCUT2D eigenvalue weighted by atomic mass is 10.0. The summed E-state index contributed by atoms with van der Waals surface area (Å²) in [6.45, 7) is 4.13. The molecular weight excluding hydrogens is 226 g/mol. The number of aryl methyl sites for hydroxylation is 3. The van der Waals surface area contributed by atoms with Gasteiger partial charge >= 0.3 is 5.97 Å². The lowest BCUT2D eigenvalue weighted by Gasteiger charge is -2.06. The van der Waals surface area contributed by atoms with Crippen LogP contribution in [0, 0.1) is 13.8 Å². The standard InChI is InChI=1S/C15H17NO2/c1-10-6-11(2)15-13(7-10)8-12(9-16-15)4-3-5-14(17)18/h6-9H,3-5H2,1-2H3,(H,17,18). The zero-order valence-corrected chi connectivity index (χ0v) is 10.7. The van der Waals surface area contributed by atoms with Crippen molar-refractivity contribution < 1.29 is 9.90 Å². The Morgan fingerprint density at radius 2 is 2.06 bits per heavy atom. The minimum atomic E-state index is -0.740. The van der Waals surface area contributed by atoms with E-state index >= 15 is 0 Å². The Bertz CT molecular complexity index is 590. The van der Waals surface area contributed by atoms with E-state index in [2.05, 4.69) is 37.0 Å². The third kappa shape index (κ3) is 2.86. The van der Waals surface area contributed by atoms with Crippen molar-refractivity contribution in [3.8, 4) is 0 Å². The number of benzene rings is 1. The van der Waals surface area contributed by atoms with Crippen LogP contribution in [0.4, 0.5) is 0 Å². The average Bonchev–Trinajstić information content (AvgIpc) is 2.27. The number of carboxylic acid groups (broad SMARTS) is 1. The predicted molar refractivity (Wildman–Crippen MR) is 71.8 cm³/mol. The van der Waals surface area contributed by atoms with E-state index < -0.39 is 5.97 Å². The zero-order chi connectivity index (χ0) is 13.1. The molecule has 0 saturated carbocycles. The summed E-state index contributed by atoms with van der Waals surface area (Å²) < 4.78 is 0. The summed E-state index contributed by atoms with van der Waals surface area (Å²) in [6, 6.07) is 6.36. The van der Waals surface area contributed by atoms with Gasteiger partial charge in [-0.05, 0) is 49.9 Å². The number of fused-ring (bicyclic) bond motifs is 1. The molecule has 0 spiro atoms. The molecule has 0 aliphatic carbocycles. The SMILES string of the molecule is Cc1cc(C)c2ncc(CCCC(=O)O)cc2c1. The van der Waals surface area contributed by atoms with Crippen LogP contribution in [0.15, 0.2) is 24.4 Å². The smallest absolute Gasteiger partial charge is 0.303 e. The highest BCUT2D eigenvalue weighted by molar-refractivity contribution is 5.82. The van der Waals surface area contributed by atoms with Crippen molar-refractivity contribution in [3.63, 3.8) is 0 Å². The van der Waals surface area contributed by atoms with E-state index in [1.165, 1.54) is 11.1 Å². The van der Waals surface area contributed by atoms with Crippen molar-refractivity contribution in [3.05, 3.63) is 41.1 Å². The summed E-state index contributed by atoms with van der Waals surface area (Å²) in [5.41, 5.74) is 4.54. The number of nitrogens with zero attached hydrogens (tertiary/aromatic N) is 1. The van der Waals surface area contributed by atoms with Crippen LogP contribution >= 0.6 is 0 Å². The molecule has 2 aromatic rings. The molecule has 1 aromatic carbocycles. The first-order chi connectivity index (χ1) is 8.56. The molecule has 0 amide bonds. The molecule has 94 valence electrons. The number of hydrogen-bond donors (Lipinski definition) is 1. The predicted octanol–water partition coefficient (Wildman–Crippen LogP) is 3.26. The van der Waals surface area contributed by atoms with E-state index in [1.54, 1.807) is 0 Å².